The minimum atomic E-state index is -0.476. The van der Waals surface area contributed by atoms with Gasteiger partial charge in [-0.25, -0.2) is 9.18 Å². The van der Waals surface area contributed by atoms with Gasteiger partial charge in [-0.15, -0.1) is 0 Å². The highest BCUT2D eigenvalue weighted by Gasteiger charge is 2.08. The van der Waals surface area contributed by atoms with Crippen LogP contribution in [-0.2, 0) is 0 Å². The Bertz CT molecular complexity index is 634. The van der Waals surface area contributed by atoms with Crippen molar-refractivity contribution in [2.24, 2.45) is 0 Å². The highest BCUT2D eigenvalue weighted by molar-refractivity contribution is 9.10. The van der Waals surface area contributed by atoms with Gasteiger partial charge in [-0.2, -0.15) is 0 Å². The Balaban J connectivity index is 2.08. The van der Waals surface area contributed by atoms with Gasteiger partial charge in [-0.1, -0.05) is 22.0 Å². The average molecular weight is 339 g/mol. The number of ether oxygens (including phenoxy) is 1. The van der Waals surface area contributed by atoms with E-state index in [4.69, 9.17) is 4.74 Å². The number of nitrogens with one attached hydrogen (secondary N) is 2. The molecule has 0 aliphatic carbocycles. The van der Waals surface area contributed by atoms with Crippen molar-refractivity contribution in [3.63, 3.8) is 0 Å². The van der Waals surface area contributed by atoms with E-state index in [-0.39, 0.29) is 0 Å². The maximum atomic E-state index is 13.0. The highest BCUT2D eigenvalue weighted by Crippen LogP contribution is 2.28. The molecule has 0 atom stereocenters. The minimum Gasteiger partial charge on any atom is -0.495 e. The summed E-state index contributed by atoms with van der Waals surface area (Å²) in [4.78, 5) is 11.8. The fourth-order valence-electron chi connectivity index (χ4n) is 1.62. The monoisotopic (exact) mass is 338 g/mol. The van der Waals surface area contributed by atoms with Crippen molar-refractivity contribution in [1.82, 2.24) is 0 Å². The van der Waals surface area contributed by atoms with Crippen LogP contribution in [0, 0.1) is 5.82 Å². The predicted molar refractivity (Wildman–Crippen MR) is 79.7 cm³/mol. The summed E-state index contributed by atoms with van der Waals surface area (Å²) < 4.78 is 19.0. The van der Waals surface area contributed by atoms with Gasteiger partial charge in [-0.05, 0) is 36.4 Å². The van der Waals surface area contributed by atoms with Crippen LogP contribution in [0.4, 0.5) is 20.6 Å². The molecule has 0 aliphatic heterocycles. The maximum absolute atomic E-state index is 13.0. The van der Waals surface area contributed by atoms with Gasteiger partial charge >= 0.3 is 6.03 Å². The molecule has 0 saturated heterocycles. The van der Waals surface area contributed by atoms with E-state index in [0.29, 0.717) is 17.1 Å². The normalized spacial score (nSPS) is 9.95. The number of methoxy groups -OCH3 is 1. The van der Waals surface area contributed by atoms with Crippen molar-refractivity contribution in [3.05, 3.63) is 52.8 Å². The number of benzene rings is 2. The molecule has 0 aliphatic rings. The highest BCUT2D eigenvalue weighted by atomic mass is 79.9. The lowest BCUT2D eigenvalue weighted by Crippen LogP contribution is -2.19. The molecular weight excluding hydrogens is 327 g/mol. The number of hydrogen-bond donors (Lipinski definition) is 2. The average Bonchev–Trinajstić information content (AvgIpc) is 2.40. The van der Waals surface area contributed by atoms with Crippen LogP contribution in [0.3, 0.4) is 0 Å². The number of hydrogen-bond acceptors (Lipinski definition) is 2. The number of urea groups is 1. The smallest absolute Gasteiger partial charge is 0.323 e. The Morgan fingerprint density at radius 2 is 2.00 bits per heavy atom. The first-order chi connectivity index (χ1) is 9.58. The molecule has 20 heavy (non-hydrogen) atoms. The van der Waals surface area contributed by atoms with E-state index >= 15 is 0 Å². The van der Waals surface area contributed by atoms with Gasteiger partial charge in [0.15, 0.2) is 0 Å². The molecule has 0 fully saturated rings. The second-order valence-electron chi connectivity index (χ2n) is 3.93. The molecule has 0 saturated carbocycles. The molecule has 2 aromatic carbocycles. The van der Waals surface area contributed by atoms with Crippen LogP contribution < -0.4 is 15.4 Å². The molecule has 0 unspecified atom stereocenters. The van der Waals surface area contributed by atoms with Crippen LogP contribution in [0.25, 0.3) is 0 Å². The minimum absolute atomic E-state index is 0.374. The number of rotatable bonds is 3. The third kappa shape index (κ3) is 3.71. The Morgan fingerprint density at radius 3 is 2.70 bits per heavy atom. The zero-order valence-electron chi connectivity index (χ0n) is 10.6. The fourth-order valence-corrected chi connectivity index (χ4v) is 1.96. The second kappa shape index (κ2) is 6.38. The summed E-state index contributed by atoms with van der Waals surface area (Å²) in [5, 5.41) is 5.18. The summed E-state index contributed by atoms with van der Waals surface area (Å²) in [7, 11) is 1.51. The zero-order valence-corrected chi connectivity index (χ0v) is 12.2. The van der Waals surface area contributed by atoms with Gasteiger partial charge in [0.1, 0.15) is 11.6 Å². The molecule has 2 amide bonds. The Morgan fingerprint density at radius 1 is 1.20 bits per heavy atom. The first-order valence-corrected chi connectivity index (χ1v) is 6.55. The molecule has 2 aromatic rings. The summed E-state index contributed by atoms with van der Waals surface area (Å²) in [6, 6.07) is 10.4. The van der Waals surface area contributed by atoms with Gasteiger partial charge in [0.05, 0.1) is 12.8 Å². The molecule has 0 spiro atoms. The molecule has 0 bridgehead atoms. The molecule has 0 aromatic heterocycles. The molecule has 104 valence electrons. The van der Waals surface area contributed by atoms with E-state index in [2.05, 4.69) is 26.6 Å². The summed E-state index contributed by atoms with van der Waals surface area (Å²) in [5.41, 5.74) is 0.892. The van der Waals surface area contributed by atoms with E-state index < -0.39 is 11.8 Å². The SMILES string of the molecule is COc1cc(Br)ccc1NC(=O)Nc1cccc(F)c1. The summed E-state index contributed by atoms with van der Waals surface area (Å²) in [5.74, 6) is 0.109. The lowest BCUT2D eigenvalue weighted by molar-refractivity contribution is 0.262. The van der Waals surface area contributed by atoms with Crippen molar-refractivity contribution in [2.45, 2.75) is 0 Å². The zero-order chi connectivity index (χ0) is 14.5. The Hall–Kier alpha value is -2.08. The van der Waals surface area contributed by atoms with Crippen LogP contribution in [0.5, 0.6) is 5.75 Å². The maximum Gasteiger partial charge on any atom is 0.323 e. The largest absolute Gasteiger partial charge is 0.495 e. The van der Waals surface area contributed by atoms with Crippen molar-refractivity contribution in [2.75, 3.05) is 17.7 Å². The van der Waals surface area contributed by atoms with E-state index in [0.717, 1.165) is 4.47 Å². The first-order valence-electron chi connectivity index (χ1n) is 5.75. The molecule has 2 N–H and O–H groups in total. The standard InChI is InChI=1S/C14H12BrFN2O2/c1-20-13-7-9(15)5-6-12(13)18-14(19)17-11-4-2-3-10(16)8-11/h2-8H,1H3,(H2,17,18,19). The van der Waals surface area contributed by atoms with Crippen molar-refractivity contribution >= 4 is 33.3 Å². The summed E-state index contributed by atoms with van der Waals surface area (Å²) >= 11 is 3.32. The molecule has 6 heteroatoms. The number of amides is 2. The van der Waals surface area contributed by atoms with Crippen molar-refractivity contribution in [3.8, 4) is 5.75 Å². The van der Waals surface area contributed by atoms with Crippen molar-refractivity contribution < 1.29 is 13.9 Å². The fraction of sp³-hybridized carbons (Fsp3) is 0.0714. The van der Waals surface area contributed by atoms with Gasteiger partial charge in [0.25, 0.3) is 0 Å². The van der Waals surface area contributed by atoms with Crippen LogP contribution in [0.15, 0.2) is 46.9 Å². The van der Waals surface area contributed by atoms with Gasteiger partial charge in [-0.3, -0.25) is 0 Å². The number of anilines is 2. The third-order valence-corrected chi connectivity index (χ3v) is 2.99. The lowest BCUT2D eigenvalue weighted by Gasteiger charge is -2.11. The van der Waals surface area contributed by atoms with Crippen LogP contribution in [0.1, 0.15) is 0 Å². The van der Waals surface area contributed by atoms with E-state index in [9.17, 15) is 9.18 Å². The Kier molecular flexibility index (Phi) is 4.57. The van der Waals surface area contributed by atoms with Crippen molar-refractivity contribution in [1.29, 1.82) is 0 Å². The van der Waals surface area contributed by atoms with Gasteiger partial charge < -0.3 is 15.4 Å². The quantitative estimate of drug-likeness (QED) is 0.879. The van der Waals surface area contributed by atoms with Crippen LogP contribution in [-0.4, -0.2) is 13.1 Å². The Labute approximate surface area is 124 Å². The number of carbonyl (C=O) groups excluding carboxylic acids is 1. The molecular formula is C14H12BrFN2O2. The second-order valence-corrected chi connectivity index (χ2v) is 4.85. The number of carbonyl (C=O) groups is 1. The van der Waals surface area contributed by atoms with Gasteiger partial charge in [0.2, 0.25) is 0 Å². The molecule has 2 rings (SSSR count). The van der Waals surface area contributed by atoms with Crippen LogP contribution in [0.2, 0.25) is 0 Å². The summed E-state index contributed by atoms with van der Waals surface area (Å²) in [6.45, 7) is 0. The third-order valence-electron chi connectivity index (χ3n) is 2.49. The number of halogens is 2. The predicted octanol–water partition coefficient (Wildman–Crippen LogP) is 4.24. The van der Waals surface area contributed by atoms with E-state index in [1.54, 1.807) is 24.3 Å². The lowest BCUT2D eigenvalue weighted by atomic mass is 10.3. The topological polar surface area (TPSA) is 50.4 Å². The van der Waals surface area contributed by atoms with Gasteiger partial charge in [0, 0.05) is 10.2 Å². The molecule has 0 heterocycles. The van der Waals surface area contributed by atoms with E-state index in [1.165, 1.54) is 25.3 Å². The molecule has 0 radical (unpaired) electrons. The first kappa shape index (κ1) is 14.3. The summed E-state index contributed by atoms with van der Waals surface area (Å²) in [6.07, 6.45) is 0. The van der Waals surface area contributed by atoms with E-state index in [1.807, 2.05) is 0 Å². The van der Waals surface area contributed by atoms with Crippen LogP contribution >= 0.6 is 15.9 Å². The molecule has 4 nitrogen and oxygen atoms in total.